The average molecular weight is 435 g/mol. The highest BCUT2D eigenvalue weighted by atomic mass is 16.2. The Morgan fingerprint density at radius 1 is 1.00 bits per heavy atom. The van der Waals surface area contributed by atoms with Crippen molar-refractivity contribution >= 4 is 11.8 Å². The topological polar surface area (TPSA) is 97.5 Å². The zero-order valence-electron chi connectivity index (χ0n) is 19.1. The minimum absolute atomic E-state index is 0.00571. The van der Waals surface area contributed by atoms with E-state index >= 15 is 0 Å². The van der Waals surface area contributed by atoms with Crippen LogP contribution < -0.4 is 26.6 Å². The van der Waals surface area contributed by atoms with E-state index in [1.165, 1.54) is 6.42 Å². The number of carbonyl (C=O) groups excluding carboxylic acids is 2. The van der Waals surface area contributed by atoms with Crippen LogP contribution in [-0.2, 0) is 9.59 Å². The molecule has 31 heavy (non-hydrogen) atoms. The Bertz CT molecular complexity index is 587. The highest BCUT2D eigenvalue weighted by Crippen LogP contribution is 2.25. The Kier molecular flexibility index (Phi) is 8.20. The average Bonchev–Trinajstić information content (AvgIpc) is 3.24. The lowest BCUT2D eigenvalue weighted by Crippen LogP contribution is -2.60. The summed E-state index contributed by atoms with van der Waals surface area (Å²) in [5.74, 6) is 1.76. The number of nitrogens with zero attached hydrogens (tertiary/aromatic N) is 1. The fourth-order valence-electron chi connectivity index (χ4n) is 5.71. The molecule has 0 spiro atoms. The number of fused-ring (bicyclic) bond motifs is 1. The van der Waals surface area contributed by atoms with Gasteiger partial charge in [0.1, 0.15) is 0 Å². The van der Waals surface area contributed by atoms with Gasteiger partial charge in [0.25, 0.3) is 0 Å². The van der Waals surface area contributed by atoms with Gasteiger partial charge in [-0.05, 0) is 64.0 Å². The smallest absolute Gasteiger partial charge is 0.241 e. The van der Waals surface area contributed by atoms with Crippen LogP contribution in [0.3, 0.4) is 0 Å². The van der Waals surface area contributed by atoms with Gasteiger partial charge in [0.05, 0.1) is 12.1 Å². The molecule has 5 N–H and O–H groups in total. The maximum Gasteiger partial charge on any atom is 0.241 e. The second kappa shape index (κ2) is 11.1. The number of likely N-dealkylation sites (tertiary alicyclic amines) is 1. The van der Waals surface area contributed by atoms with E-state index in [1.54, 1.807) is 0 Å². The minimum Gasteiger partial charge on any atom is -0.355 e. The first kappa shape index (κ1) is 23.0. The van der Waals surface area contributed by atoms with Crippen LogP contribution >= 0.6 is 0 Å². The summed E-state index contributed by atoms with van der Waals surface area (Å²) >= 11 is 0. The van der Waals surface area contributed by atoms with Crippen LogP contribution in [0.1, 0.15) is 51.9 Å². The van der Waals surface area contributed by atoms with E-state index in [4.69, 9.17) is 0 Å². The number of piperazine rings is 1. The van der Waals surface area contributed by atoms with Gasteiger partial charge in [-0.25, -0.2) is 0 Å². The molecule has 4 aliphatic heterocycles. The zero-order chi connectivity index (χ0) is 21.6. The largest absolute Gasteiger partial charge is 0.355 e. The molecule has 0 bridgehead atoms. The maximum absolute atomic E-state index is 12.7. The van der Waals surface area contributed by atoms with Crippen molar-refractivity contribution < 1.29 is 9.59 Å². The predicted octanol–water partition coefficient (Wildman–Crippen LogP) is -0.199. The molecular formula is C23H42N6O2. The lowest BCUT2D eigenvalue weighted by atomic mass is 9.91. The summed E-state index contributed by atoms with van der Waals surface area (Å²) in [5, 5.41) is 16.9. The molecule has 5 unspecified atom stereocenters. The van der Waals surface area contributed by atoms with E-state index in [0.29, 0.717) is 23.9 Å². The molecule has 4 fully saturated rings. The van der Waals surface area contributed by atoms with Gasteiger partial charge in [0.2, 0.25) is 11.8 Å². The van der Waals surface area contributed by atoms with Crippen molar-refractivity contribution in [2.75, 3.05) is 45.8 Å². The second-order valence-corrected chi connectivity index (χ2v) is 10.1. The summed E-state index contributed by atoms with van der Waals surface area (Å²) < 4.78 is 0. The van der Waals surface area contributed by atoms with Crippen molar-refractivity contribution in [1.29, 1.82) is 0 Å². The number of hydrogen-bond donors (Lipinski definition) is 5. The summed E-state index contributed by atoms with van der Waals surface area (Å²) in [7, 11) is 0. The molecule has 0 aromatic rings. The number of rotatable bonds is 7. The van der Waals surface area contributed by atoms with E-state index < -0.39 is 0 Å². The molecule has 0 radical (unpaired) electrons. The van der Waals surface area contributed by atoms with Gasteiger partial charge in [-0.15, -0.1) is 0 Å². The highest BCUT2D eigenvalue weighted by molar-refractivity contribution is 5.82. The van der Waals surface area contributed by atoms with Crippen LogP contribution in [0.25, 0.3) is 0 Å². The standard InChI is InChI=1S/C23H42N6O2/c1-16-13-27-21(15-26-16)23(31)29-10-6-17(7-11-29)4-2-3-8-25-22(30)20-12-18-14-24-9-5-19(18)28-20/h16-21,24,26-28H,2-15H2,1H3,(H,25,30). The molecule has 0 saturated carbocycles. The SMILES string of the molecule is CC1CNC(C(=O)N2CCC(CCCCNC(=O)C3CC4CNCCC4N3)CC2)CN1. The van der Waals surface area contributed by atoms with Crippen LogP contribution in [0, 0.1) is 11.8 Å². The van der Waals surface area contributed by atoms with Crippen molar-refractivity contribution in [2.24, 2.45) is 11.8 Å². The summed E-state index contributed by atoms with van der Waals surface area (Å²) in [6, 6.07) is 0.888. The van der Waals surface area contributed by atoms with Crippen molar-refractivity contribution in [3.8, 4) is 0 Å². The summed E-state index contributed by atoms with van der Waals surface area (Å²) in [6.45, 7) is 8.39. The fourth-order valence-corrected chi connectivity index (χ4v) is 5.71. The molecule has 0 aromatic heterocycles. The van der Waals surface area contributed by atoms with E-state index in [-0.39, 0.29) is 23.9 Å². The fraction of sp³-hybridized carbons (Fsp3) is 0.913. The van der Waals surface area contributed by atoms with E-state index in [0.717, 1.165) is 84.3 Å². The Morgan fingerprint density at radius 2 is 1.84 bits per heavy atom. The lowest BCUT2D eigenvalue weighted by Gasteiger charge is -2.36. The van der Waals surface area contributed by atoms with Gasteiger partial charge in [0.15, 0.2) is 0 Å². The number of nitrogens with one attached hydrogen (secondary N) is 5. The first-order chi connectivity index (χ1) is 15.1. The van der Waals surface area contributed by atoms with Crippen molar-refractivity contribution in [1.82, 2.24) is 31.5 Å². The van der Waals surface area contributed by atoms with Crippen molar-refractivity contribution in [3.63, 3.8) is 0 Å². The Hall–Kier alpha value is -1.22. The Morgan fingerprint density at radius 3 is 2.58 bits per heavy atom. The van der Waals surface area contributed by atoms with Gasteiger partial charge in [-0.3, -0.25) is 9.59 Å². The van der Waals surface area contributed by atoms with Crippen LogP contribution in [0.15, 0.2) is 0 Å². The number of hydrogen-bond acceptors (Lipinski definition) is 6. The van der Waals surface area contributed by atoms with E-state index in [9.17, 15) is 9.59 Å². The van der Waals surface area contributed by atoms with Crippen LogP contribution in [-0.4, -0.2) is 86.7 Å². The van der Waals surface area contributed by atoms with E-state index in [2.05, 4.69) is 33.5 Å². The predicted molar refractivity (Wildman–Crippen MR) is 122 cm³/mol. The van der Waals surface area contributed by atoms with Gasteiger partial charge < -0.3 is 31.5 Å². The van der Waals surface area contributed by atoms with Gasteiger partial charge in [-0.1, -0.05) is 12.8 Å². The van der Waals surface area contributed by atoms with E-state index in [1.807, 2.05) is 4.90 Å². The molecule has 4 heterocycles. The number of carbonyl (C=O) groups is 2. The quantitative estimate of drug-likeness (QED) is 0.356. The zero-order valence-corrected chi connectivity index (χ0v) is 19.1. The molecule has 0 aliphatic carbocycles. The second-order valence-electron chi connectivity index (χ2n) is 10.1. The third kappa shape index (κ3) is 6.18. The van der Waals surface area contributed by atoms with Gasteiger partial charge >= 0.3 is 0 Å². The normalized spacial score (nSPS) is 34.4. The van der Waals surface area contributed by atoms with Crippen LogP contribution in [0.5, 0.6) is 0 Å². The molecule has 4 rings (SSSR count). The van der Waals surface area contributed by atoms with Gasteiger partial charge in [0, 0.05) is 44.8 Å². The molecule has 0 aromatic carbocycles. The molecular weight excluding hydrogens is 392 g/mol. The van der Waals surface area contributed by atoms with Crippen molar-refractivity contribution in [3.05, 3.63) is 0 Å². The molecule has 4 saturated heterocycles. The summed E-state index contributed by atoms with van der Waals surface area (Å²) in [6.07, 6.45) is 7.71. The summed E-state index contributed by atoms with van der Waals surface area (Å²) in [5.41, 5.74) is 0. The third-order valence-corrected chi connectivity index (χ3v) is 7.78. The van der Waals surface area contributed by atoms with Crippen molar-refractivity contribution in [2.45, 2.75) is 76.0 Å². The molecule has 5 atom stereocenters. The number of unbranched alkanes of at least 4 members (excludes halogenated alkanes) is 1. The first-order valence-electron chi connectivity index (χ1n) is 12.6. The van der Waals surface area contributed by atoms with Crippen LogP contribution in [0.2, 0.25) is 0 Å². The Labute approximate surface area is 187 Å². The maximum atomic E-state index is 12.7. The van der Waals surface area contributed by atoms with Gasteiger partial charge in [-0.2, -0.15) is 0 Å². The number of amides is 2. The molecule has 4 aliphatic rings. The summed E-state index contributed by atoms with van der Waals surface area (Å²) in [4.78, 5) is 27.2. The minimum atomic E-state index is -0.0640. The monoisotopic (exact) mass is 434 g/mol. The molecule has 2 amide bonds. The molecule has 176 valence electrons. The Balaban J connectivity index is 1.05. The molecule has 8 heteroatoms. The van der Waals surface area contributed by atoms with Crippen LogP contribution in [0.4, 0.5) is 0 Å². The number of piperidine rings is 2. The molecule has 8 nitrogen and oxygen atoms in total. The highest BCUT2D eigenvalue weighted by Gasteiger charge is 2.38. The first-order valence-corrected chi connectivity index (χ1v) is 12.6. The third-order valence-electron chi connectivity index (χ3n) is 7.78. The lowest BCUT2D eigenvalue weighted by molar-refractivity contribution is -0.135.